The summed E-state index contributed by atoms with van der Waals surface area (Å²) in [7, 11) is 1.69. The number of nitrogens with one attached hydrogen (secondary N) is 1. The van der Waals surface area contributed by atoms with Gasteiger partial charge in [0.25, 0.3) is 0 Å². The van der Waals surface area contributed by atoms with Crippen molar-refractivity contribution in [1.82, 2.24) is 5.32 Å². The zero-order valence-corrected chi connectivity index (χ0v) is 11.4. The number of amides is 1. The molecule has 1 aromatic rings. The summed E-state index contributed by atoms with van der Waals surface area (Å²) >= 11 is 0. The molecule has 19 heavy (non-hydrogen) atoms. The van der Waals surface area contributed by atoms with E-state index >= 15 is 0 Å². The Hall–Kier alpha value is -1.55. The van der Waals surface area contributed by atoms with Gasteiger partial charge < -0.3 is 15.8 Å². The smallest absolute Gasteiger partial charge is 0.220 e. The first-order chi connectivity index (χ1) is 9.22. The number of methoxy groups -OCH3 is 1. The lowest BCUT2D eigenvalue weighted by Gasteiger charge is -2.19. The minimum Gasteiger partial charge on any atom is -0.496 e. The fourth-order valence-corrected chi connectivity index (χ4v) is 2.39. The average molecular weight is 262 g/mol. The molecule has 1 aromatic carbocycles. The van der Waals surface area contributed by atoms with Crippen molar-refractivity contribution in [2.75, 3.05) is 20.2 Å². The van der Waals surface area contributed by atoms with Crippen molar-refractivity contribution >= 4 is 5.91 Å². The molecule has 0 bridgehead atoms. The lowest BCUT2D eigenvalue weighted by atomic mass is 9.95. The van der Waals surface area contributed by atoms with E-state index in [9.17, 15) is 4.79 Å². The highest BCUT2D eigenvalue weighted by atomic mass is 16.5. The zero-order chi connectivity index (χ0) is 13.7. The van der Waals surface area contributed by atoms with Crippen LogP contribution in [0.1, 0.15) is 31.2 Å². The molecule has 4 heteroatoms. The molecule has 0 aliphatic heterocycles. The van der Waals surface area contributed by atoms with Crippen LogP contribution in [0.25, 0.3) is 0 Å². The van der Waals surface area contributed by atoms with Crippen LogP contribution in [0.15, 0.2) is 24.3 Å². The topological polar surface area (TPSA) is 64.3 Å². The summed E-state index contributed by atoms with van der Waals surface area (Å²) in [4.78, 5) is 11.7. The molecule has 0 atom stereocenters. The number of nitrogens with two attached hydrogens (primary N) is 1. The van der Waals surface area contributed by atoms with Crippen LogP contribution in [-0.2, 0) is 10.2 Å². The number of benzene rings is 1. The average Bonchev–Trinajstić information content (AvgIpc) is 3.24. The SMILES string of the molecule is COc1ccccc1C1(CNC(=O)CCCN)CC1. The molecule has 3 N–H and O–H groups in total. The number of carbonyl (C=O) groups is 1. The van der Waals surface area contributed by atoms with Gasteiger partial charge in [0.1, 0.15) is 5.75 Å². The lowest BCUT2D eigenvalue weighted by molar-refractivity contribution is -0.121. The van der Waals surface area contributed by atoms with Crippen LogP contribution in [0, 0.1) is 0 Å². The van der Waals surface area contributed by atoms with E-state index in [0.29, 0.717) is 19.5 Å². The van der Waals surface area contributed by atoms with Crippen LogP contribution < -0.4 is 15.8 Å². The maximum atomic E-state index is 11.7. The van der Waals surface area contributed by atoms with Gasteiger partial charge in [0.2, 0.25) is 5.91 Å². The Kier molecular flexibility index (Phi) is 4.43. The summed E-state index contributed by atoms with van der Waals surface area (Å²) in [5.74, 6) is 1.00. The van der Waals surface area contributed by atoms with Gasteiger partial charge in [0.15, 0.2) is 0 Å². The van der Waals surface area contributed by atoms with E-state index in [1.54, 1.807) is 7.11 Å². The Morgan fingerprint density at radius 2 is 2.16 bits per heavy atom. The Morgan fingerprint density at radius 1 is 1.42 bits per heavy atom. The predicted octanol–water partition coefficient (Wildman–Crippen LogP) is 1.58. The molecule has 1 amide bonds. The molecular weight excluding hydrogens is 240 g/mol. The van der Waals surface area contributed by atoms with Gasteiger partial charge in [-0.25, -0.2) is 0 Å². The fourth-order valence-electron chi connectivity index (χ4n) is 2.39. The molecule has 1 fully saturated rings. The zero-order valence-electron chi connectivity index (χ0n) is 11.4. The summed E-state index contributed by atoms with van der Waals surface area (Å²) in [5.41, 5.74) is 6.68. The number of para-hydroxylation sites is 1. The van der Waals surface area contributed by atoms with E-state index in [1.165, 1.54) is 5.56 Å². The minimum atomic E-state index is 0.0744. The predicted molar refractivity (Wildman–Crippen MR) is 75.2 cm³/mol. The third-order valence-corrected chi connectivity index (χ3v) is 3.76. The minimum absolute atomic E-state index is 0.0744. The highest BCUT2D eigenvalue weighted by Gasteiger charge is 2.46. The Labute approximate surface area is 114 Å². The molecule has 0 aromatic heterocycles. The van der Waals surface area contributed by atoms with Crippen LogP contribution in [0.4, 0.5) is 0 Å². The molecule has 0 spiro atoms. The Balaban J connectivity index is 1.97. The van der Waals surface area contributed by atoms with Crippen LogP contribution in [0.2, 0.25) is 0 Å². The fraction of sp³-hybridized carbons (Fsp3) is 0.533. The summed E-state index contributed by atoms with van der Waals surface area (Å²) in [5, 5.41) is 3.02. The van der Waals surface area contributed by atoms with Crippen molar-refractivity contribution in [2.24, 2.45) is 5.73 Å². The van der Waals surface area contributed by atoms with Gasteiger partial charge in [0, 0.05) is 23.9 Å². The first kappa shape index (κ1) is 13.9. The van der Waals surface area contributed by atoms with Crippen LogP contribution in [0.5, 0.6) is 5.75 Å². The van der Waals surface area contributed by atoms with E-state index in [2.05, 4.69) is 11.4 Å². The summed E-state index contributed by atoms with van der Waals surface area (Å²) in [6, 6.07) is 8.07. The highest BCUT2D eigenvalue weighted by molar-refractivity contribution is 5.76. The quantitative estimate of drug-likeness (QED) is 0.784. The molecule has 0 saturated heterocycles. The number of carbonyl (C=O) groups excluding carboxylic acids is 1. The van der Waals surface area contributed by atoms with Gasteiger partial charge in [-0.1, -0.05) is 18.2 Å². The number of rotatable bonds is 7. The van der Waals surface area contributed by atoms with Gasteiger partial charge >= 0.3 is 0 Å². The second-order valence-corrected chi connectivity index (χ2v) is 5.15. The van der Waals surface area contributed by atoms with Gasteiger partial charge in [-0.3, -0.25) is 4.79 Å². The second kappa shape index (κ2) is 6.06. The van der Waals surface area contributed by atoms with Crippen LogP contribution in [0.3, 0.4) is 0 Å². The number of ether oxygens (including phenoxy) is 1. The largest absolute Gasteiger partial charge is 0.496 e. The van der Waals surface area contributed by atoms with E-state index in [1.807, 2.05) is 18.2 Å². The normalized spacial score (nSPS) is 15.9. The molecule has 4 nitrogen and oxygen atoms in total. The van der Waals surface area contributed by atoms with Gasteiger partial charge in [-0.05, 0) is 31.9 Å². The van der Waals surface area contributed by atoms with Gasteiger partial charge in [-0.15, -0.1) is 0 Å². The molecule has 0 radical (unpaired) electrons. The maximum absolute atomic E-state index is 11.7. The summed E-state index contributed by atoms with van der Waals surface area (Å²) in [6.07, 6.45) is 3.46. The molecule has 0 unspecified atom stereocenters. The van der Waals surface area contributed by atoms with Crippen molar-refractivity contribution in [1.29, 1.82) is 0 Å². The van der Waals surface area contributed by atoms with Crippen molar-refractivity contribution < 1.29 is 9.53 Å². The van der Waals surface area contributed by atoms with Crippen molar-refractivity contribution in [3.8, 4) is 5.75 Å². The van der Waals surface area contributed by atoms with Crippen molar-refractivity contribution in [3.05, 3.63) is 29.8 Å². The molecule has 1 aliphatic carbocycles. The Bertz CT molecular complexity index is 442. The standard InChI is InChI=1S/C15H22N2O2/c1-19-13-6-3-2-5-12(13)15(8-9-15)11-17-14(18)7-4-10-16/h2-3,5-6H,4,7-11,16H2,1H3,(H,17,18). The Morgan fingerprint density at radius 3 is 2.79 bits per heavy atom. The first-order valence-corrected chi connectivity index (χ1v) is 6.82. The molecule has 1 saturated carbocycles. The summed E-state index contributed by atoms with van der Waals surface area (Å²) in [6.45, 7) is 1.25. The molecular formula is C15H22N2O2. The molecule has 0 heterocycles. The van der Waals surface area contributed by atoms with Gasteiger partial charge in [0.05, 0.1) is 7.11 Å². The second-order valence-electron chi connectivity index (χ2n) is 5.15. The third-order valence-electron chi connectivity index (χ3n) is 3.76. The number of hydrogen-bond donors (Lipinski definition) is 2. The third kappa shape index (κ3) is 3.26. The molecule has 1 aliphatic rings. The van der Waals surface area contributed by atoms with E-state index < -0.39 is 0 Å². The van der Waals surface area contributed by atoms with Crippen LogP contribution in [-0.4, -0.2) is 26.1 Å². The molecule has 104 valence electrons. The monoisotopic (exact) mass is 262 g/mol. The van der Waals surface area contributed by atoms with Crippen LogP contribution >= 0.6 is 0 Å². The maximum Gasteiger partial charge on any atom is 0.220 e. The van der Waals surface area contributed by atoms with E-state index in [0.717, 1.165) is 25.0 Å². The van der Waals surface area contributed by atoms with Crippen molar-refractivity contribution in [2.45, 2.75) is 31.1 Å². The van der Waals surface area contributed by atoms with E-state index in [4.69, 9.17) is 10.5 Å². The lowest BCUT2D eigenvalue weighted by Crippen LogP contribution is -2.32. The van der Waals surface area contributed by atoms with E-state index in [-0.39, 0.29) is 11.3 Å². The van der Waals surface area contributed by atoms with Gasteiger partial charge in [-0.2, -0.15) is 0 Å². The first-order valence-electron chi connectivity index (χ1n) is 6.82. The molecule has 2 rings (SSSR count). The van der Waals surface area contributed by atoms with Crippen molar-refractivity contribution in [3.63, 3.8) is 0 Å². The number of hydrogen-bond acceptors (Lipinski definition) is 3. The summed E-state index contributed by atoms with van der Waals surface area (Å²) < 4.78 is 5.41. The highest BCUT2D eigenvalue weighted by Crippen LogP contribution is 2.50.